The van der Waals surface area contributed by atoms with E-state index in [1.54, 1.807) is 24.1 Å². The highest BCUT2D eigenvalue weighted by Gasteiger charge is 2.10. The van der Waals surface area contributed by atoms with E-state index in [1.807, 2.05) is 12.1 Å². The maximum absolute atomic E-state index is 11.2. The van der Waals surface area contributed by atoms with E-state index >= 15 is 0 Å². The Bertz CT molecular complexity index is 627. The van der Waals surface area contributed by atoms with Gasteiger partial charge in [0, 0.05) is 31.4 Å². The number of nitrogens with one attached hydrogen (secondary N) is 1. The van der Waals surface area contributed by atoms with Gasteiger partial charge in [-0.15, -0.1) is 0 Å². The molecule has 0 atom stereocenters. The highest BCUT2D eigenvalue weighted by Crippen LogP contribution is 2.20. The second-order valence-corrected chi connectivity index (χ2v) is 4.92. The summed E-state index contributed by atoms with van der Waals surface area (Å²) in [4.78, 5) is 11.2. The number of nitrogens with two attached hydrogens (primary N) is 1. The Labute approximate surface area is 127 Å². The van der Waals surface area contributed by atoms with Gasteiger partial charge < -0.3 is 15.8 Å². The standard InChI is InChI=1S/C14H17ClN4O2/c1-21-5-4-17-7-10-2-3-12(15)6-13(10)19-9-11(8-18-19)14(16)20/h2-3,6,8-9,17H,4-5,7H2,1H3,(H2,16,20). The molecular formula is C14H17ClN4O2. The Morgan fingerprint density at radius 3 is 3.00 bits per heavy atom. The lowest BCUT2D eigenvalue weighted by atomic mass is 10.1. The number of primary amides is 1. The van der Waals surface area contributed by atoms with E-state index in [0.29, 0.717) is 23.7 Å². The minimum absolute atomic E-state index is 0.355. The fraction of sp³-hybridized carbons (Fsp3) is 0.286. The second kappa shape index (κ2) is 7.21. The van der Waals surface area contributed by atoms with Crippen LogP contribution in [0.5, 0.6) is 0 Å². The average Bonchev–Trinajstić information content (AvgIpc) is 2.94. The van der Waals surface area contributed by atoms with Crippen molar-refractivity contribution in [3.05, 3.63) is 46.7 Å². The monoisotopic (exact) mass is 308 g/mol. The van der Waals surface area contributed by atoms with E-state index in [0.717, 1.165) is 17.8 Å². The molecule has 0 saturated heterocycles. The summed E-state index contributed by atoms with van der Waals surface area (Å²) in [6.07, 6.45) is 3.03. The Hall–Kier alpha value is -1.89. The number of benzene rings is 1. The number of ether oxygens (including phenoxy) is 1. The van der Waals surface area contributed by atoms with Crippen LogP contribution in [-0.2, 0) is 11.3 Å². The SMILES string of the molecule is COCCNCc1ccc(Cl)cc1-n1cc(C(N)=O)cn1. The summed E-state index contributed by atoms with van der Waals surface area (Å²) in [5.41, 5.74) is 7.41. The zero-order chi connectivity index (χ0) is 15.2. The zero-order valence-corrected chi connectivity index (χ0v) is 12.4. The van der Waals surface area contributed by atoms with E-state index in [-0.39, 0.29) is 0 Å². The van der Waals surface area contributed by atoms with Gasteiger partial charge in [0.2, 0.25) is 0 Å². The summed E-state index contributed by atoms with van der Waals surface area (Å²) in [5, 5.41) is 8.02. The molecule has 0 fully saturated rings. The minimum Gasteiger partial charge on any atom is -0.383 e. The van der Waals surface area contributed by atoms with Crippen LogP contribution < -0.4 is 11.1 Å². The molecule has 7 heteroatoms. The number of methoxy groups -OCH3 is 1. The van der Waals surface area contributed by atoms with Gasteiger partial charge in [-0.05, 0) is 17.7 Å². The van der Waals surface area contributed by atoms with Gasteiger partial charge in [-0.1, -0.05) is 17.7 Å². The normalized spacial score (nSPS) is 10.8. The van der Waals surface area contributed by atoms with Crippen molar-refractivity contribution in [2.45, 2.75) is 6.54 Å². The predicted octanol–water partition coefficient (Wildman–Crippen LogP) is 1.36. The molecule has 1 amide bonds. The molecule has 112 valence electrons. The van der Waals surface area contributed by atoms with Gasteiger partial charge in [-0.3, -0.25) is 4.79 Å². The van der Waals surface area contributed by atoms with Gasteiger partial charge in [0.1, 0.15) is 0 Å². The number of aromatic nitrogens is 2. The maximum Gasteiger partial charge on any atom is 0.251 e. The topological polar surface area (TPSA) is 82.2 Å². The van der Waals surface area contributed by atoms with Crippen LogP contribution in [0.15, 0.2) is 30.6 Å². The lowest BCUT2D eigenvalue weighted by molar-refractivity contribution is 0.100. The van der Waals surface area contributed by atoms with E-state index in [9.17, 15) is 4.79 Å². The molecule has 2 rings (SSSR count). The first-order valence-corrected chi connectivity index (χ1v) is 6.82. The third-order valence-electron chi connectivity index (χ3n) is 2.96. The van der Waals surface area contributed by atoms with E-state index in [1.165, 1.54) is 6.20 Å². The Morgan fingerprint density at radius 2 is 2.33 bits per heavy atom. The second-order valence-electron chi connectivity index (χ2n) is 4.48. The number of carbonyl (C=O) groups is 1. The molecule has 0 radical (unpaired) electrons. The highest BCUT2D eigenvalue weighted by atomic mass is 35.5. The molecule has 1 aromatic carbocycles. The van der Waals surface area contributed by atoms with Crippen molar-refractivity contribution in [2.75, 3.05) is 20.3 Å². The van der Waals surface area contributed by atoms with Crippen molar-refractivity contribution < 1.29 is 9.53 Å². The van der Waals surface area contributed by atoms with Crippen molar-refractivity contribution in [3.8, 4) is 5.69 Å². The minimum atomic E-state index is -0.511. The number of nitrogens with zero attached hydrogens (tertiary/aromatic N) is 2. The maximum atomic E-state index is 11.2. The molecule has 0 saturated carbocycles. The molecule has 0 spiro atoms. The smallest absolute Gasteiger partial charge is 0.251 e. The largest absolute Gasteiger partial charge is 0.383 e. The summed E-state index contributed by atoms with van der Waals surface area (Å²) < 4.78 is 6.59. The molecule has 0 aliphatic carbocycles. The van der Waals surface area contributed by atoms with E-state index in [4.69, 9.17) is 22.1 Å². The number of rotatable bonds is 7. The van der Waals surface area contributed by atoms with Crippen molar-refractivity contribution in [3.63, 3.8) is 0 Å². The molecule has 2 aromatic rings. The van der Waals surface area contributed by atoms with Crippen molar-refractivity contribution >= 4 is 17.5 Å². The zero-order valence-electron chi connectivity index (χ0n) is 11.7. The van der Waals surface area contributed by atoms with Gasteiger partial charge >= 0.3 is 0 Å². The number of carbonyl (C=O) groups excluding carboxylic acids is 1. The number of amides is 1. The van der Waals surface area contributed by atoms with Crippen LogP contribution in [0.4, 0.5) is 0 Å². The fourth-order valence-electron chi connectivity index (χ4n) is 1.88. The number of halogens is 1. The first-order chi connectivity index (χ1) is 10.1. The van der Waals surface area contributed by atoms with Crippen LogP contribution in [0.1, 0.15) is 15.9 Å². The Balaban J connectivity index is 2.23. The molecule has 0 bridgehead atoms. The Morgan fingerprint density at radius 1 is 1.52 bits per heavy atom. The van der Waals surface area contributed by atoms with Crippen LogP contribution in [-0.4, -0.2) is 35.9 Å². The van der Waals surface area contributed by atoms with Crippen molar-refractivity contribution in [1.29, 1.82) is 0 Å². The molecule has 0 aliphatic rings. The Kier molecular flexibility index (Phi) is 5.32. The molecular weight excluding hydrogens is 292 g/mol. The first kappa shape index (κ1) is 15.5. The quantitative estimate of drug-likeness (QED) is 0.757. The van der Waals surface area contributed by atoms with Gasteiger partial charge in [-0.25, -0.2) is 4.68 Å². The number of hydrogen-bond donors (Lipinski definition) is 2. The molecule has 3 N–H and O–H groups in total. The van der Waals surface area contributed by atoms with Crippen LogP contribution in [0.25, 0.3) is 5.69 Å². The highest BCUT2D eigenvalue weighted by molar-refractivity contribution is 6.30. The third kappa shape index (κ3) is 4.04. The molecule has 21 heavy (non-hydrogen) atoms. The van der Waals surface area contributed by atoms with Crippen LogP contribution in [0, 0.1) is 0 Å². The summed E-state index contributed by atoms with van der Waals surface area (Å²) in [6.45, 7) is 2.02. The number of hydrogen-bond acceptors (Lipinski definition) is 4. The lowest BCUT2D eigenvalue weighted by Gasteiger charge is -2.11. The summed E-state index contributed by atoms with van der Waals surface area (Å²) in [6, 6.07) is 5.53. The van der Waals surface area contributed by atoms with Gasteiger partial charge in [0.25, 0.3) is 5.91 Å². The molecule has 1 heterocycles. The van der Waals surface area contributed by atoms with E-state index < -0.39 is 5.91 Å². The molecule has 0 unspecified atom stereocenters. The molecule has 0 aliphatic heterocycles. The van der Waals surface area contributed by atoms with Crippen LogP contribution in [0.2, 0.25) is 5.02 Å². The molecule has 1 aromatic heterocycles. The van der Waals surface area contributed by atoms with Gasteiger partial charge in [0.15, 0.2) is 0 Å². The van der Waals surface area contributed by atoms with Gasteiger partial charge in [-0.2, -0.15) is 5.10 Å². The average molecular weight is 309 g/mol. The summed E-state index contributed by atoms with van der Waals surface area (Å²) in [7, 11) is 1.66. The van der Waals surface area contributed by atoms with Crippen LogP contribution >= 0.6 is 11.6 Å². The van der Waals surface area contributed by atoms with Crippen molar-refractivity contribution in [2.24, 2.45) is 5.73 Å². The first-order valence-electron chi connectivity index (χ1n) is 6.44. The lowest BCUT2D eigenvalue weighted by Crippen LogP contribution is -2.19. The predicted molar refractivity (Wildman–Crippen MR) is 80.7 cm³/mol. The summed E-state index contributed by atoms with van der Waals surface area (Å²) >= 11 is 6.05. The molecule has 6 nitrogen and oxygen atoms in total. The van der Waals surface area contributed by atoms with E-state index in [2.05, 4.69) is 10.4 Å². The summed E-state index contributed by atoms with van der Waals surface area (Å²) in [5.74, 6) is -0.511. The van der Waals surface area contributed by atoms with Crippen LogP contribution in [0.3, 0.4) is 0 Å². The third-order valence-corrected chi connectivity index (χ3v) is 3.19. The fourth-order valence-corrected chi connectivity index (χ4v) is 2.05. The van der Waals surface area contributed by atoms with Crippen molar-refractivity contribution in [1.82, 2.24) is 15.1 Å². The van der Waals surface area contributed by atoms with Gasteiger partial charge in [0.05, 0.1) is 24.1 Å².